The summed E-state index contributed by atoms with van der Waals surface area (Å²) < 4.78 is 40.6. The van der Waals surface area contributed by atoms with Gasteiger partial charge in [0.1, 0.15) is 6.10 Å². The fourth-order valence-electron chi connectivity index (χ4n) is 5.39. The van der Waals surface area contributed by atoms with Gasteiger partial charge in [0.05, 0.1) is 17.7 Å². The van der Waals surface area contributed by atoms with Crippen LogP contribution in [0.25, 0.3) is 11.2 Å². The lowest BCUT2D eigenvalue weighted by Gasteiger charge is -2.17. The number of rotatable bonds is 8. The Kier molecular flexibility index (Phi) is 7.15. The van der Waals surface area contributed by atoms with Gasteiger partial charge in [0, 0.05) is 23.5 Å². The molecule has 2 fully saturated rings. The first-order valence-electron chi connectivity index (χ1n) is 13.0. The molecule has 2 saturated carbocycles. The molecule has 2 aromatic heterocycles. The Morgan fingerprint density at radius 3 is 2.42 bits per heavy atom. The zero-order valence-electron chi connectivity index (χ0n) is 21.1. The van der Waals surface area contributed by atoms with Crippen LogP contribution in [0, 0.1) is 5.92 Å². The standard InChI is InChI=1S/C27H27F3N6O3S/c28-27(29,30)16-6-8-17(9-7-16)40-26-32-24(31-19-13-18(19)14-4-2-1-3-5-14)21-25(33-26)36(35-34-21)20-12-15(10-11-37)22(38)23(20)39/h1-9,15,18-20,22-23,37-39H,10-13H2,(H,31,32,33)/t15-,18?,19?,20+,22+,23-/m0/s1. The number of hydrogen-bond acceptors (Lipinski definition) is 9. The molecular weight excluding hydrogens is 545 g/mol. The Labute approximate surface area is 231 Å². The average molecular weight is 573 g/mol. The van der Waals surface area contributed by atoms with Crippen molar-refractivity contribution in [1.82, 2.24) is 25.0 Å². The van der Waals surface area contributed by atoms with Crippen LogP contribution in [-0.2, 0) is 6.18 Å². The molecule has 6 atom stereocenters. The van der Waals surface area contributed by atoms with Gasteiger partial charge in [0.2, 0.25) is 0 Å². The highest BCUT2D eigenvalue weighted by Gasteiger charge is 2.44. The predicted molar refractivity (Wildman–Crippen MR) is 141 cm³/mol. The number of aliphatic hydroxyl groups is 3. The Hall–Kier alpha value is -3.26. The summed E-state index contributed by atoms with van der Waals surface area (Å²) in [5.41, 5.74) is 1.18. The third kappa shape index (κ3) is 5.26. The Morgan fingerprint density at radius 1 is 0.975 bits per heavy atom. The fraction of sp³-hybridized carbons (Fsp3) is 0.407. The van der Waals surface area contributed by atoms with Crippen LogP contribution in [0.1, 0.15) is 42.3 Å². The molecule has 210 valence electrons. The van der Waals surface area contributed by atoms with Crippen molar-refractivity contribution in [2.45, 2.75) is 65.7 Å². The first-order chi connectivity index (χ1) is 19.2. The lowest BCUT2D eigenvalue weighted by molar-refractivity contribution is -0.137. The van der Waals surface area contributed by atoms with E-state index < -0.39 is 30.0 Å². The zero-order chi connectivity index (χ0) is 28.0. The predicted octanol–water partition coefficient (Wildman–Crippen LogP) is 4.02. The molecular formula is C27H27F3N6O3S. The molecule has 2 unspecified atom stereocenters. The maximum Gasteiger partial charge on any atom is 0.416 e. The molecule has 2 aliphatic rings. The van der Waals surface area contributed by atoms with Crippen LogP contribution in [-0.4, -0.2) is 65.1 Å². The van der Waals surface area contributed by atoms with Crippen LogP contribution in [0.2, 0.25) is 0 Å². The first-order valence-corrected chi connectivity index (χ1v) is 13.8. The second-order valence-corrected chi connectivity index (χ2v) is 11.3. The van der Waals surface area contributed by atoms with Crippen molar-refractivity contribution in [3.8, 4) is 0 Å². The van der Waals surface area contributed by atoms with Crippen LogP contribution < -0.4 is 5.32 Å². The highest BCUT2D eigenvalue weighted by Crippen LogP contribution is 2.44. The van der Waals surface area contributed by atoms with Crippen LogP contribution in [0.4, 0.5) is 19.0 Å². The molecule has 2 heterocycles. The lowest BCUT2D eigenvalue weighted by Crippen LogP contribution is -2.30. The monoisotopic (exact) mass is 572 g/mol. The fourth-order valence-corrected chi connectivity index (χ4v) is 6.14. The Morgan fingerprint density at radius 2 is 1.73 bits per heavy atom. The summed E-state index contributed by atoms with van der Waals surface area (Å²) in [6.45, 7) is -0.118. The van der Waals surface area contributed by atoms with E-state index in [9.17, 15) is 28.5 Å². The number of aromatic nitrogens is 5. The number of aliphatic hydroxyl groups excluding tert-OH is 3. The van der Waals surface area contributed by atoms with Crippen LogP contribution >= 0.6 is 11.8 Å². The Bertz CT molecular complexity index is 1490. The van der Waals surface area contributed by atoms with Gasteiger partial charge in [-0.3, -0.25) is 0 Å². The van der Waals surface area contributed by atoms with Crippen molar-refractivity contribution in [2.24, 2.45) is 5.92 Å². The van der Waals surface area contributed by atoms with Gasteiger partial charge in [-0.1, -0.05) is 35.5 Å². The molecule has 40 heavy (non-hydrogen) atoms. The van der Waals surface area contributed by atoms with E-state index in [0.29, 0.717) is 40.6 Å². The van der Waals surface area contributed by atoms with E-state index in [1.807, 2.05) is 18.2 Å². The molecule has 0 aliphatic heterocycles. The van der Waals surface area contributed by atoms with Gasteiger partial charge in [0.25, 0.3) is 0 Å². The molecule has 4 N–H and O–H groups in total. The maximum atomic E-state index is 13.0. The van der Waals surface area contributed by atoms with E-state index in [2.05, 4.69) is 37.7 Å². The number of fused-ring (bicyclic) bond motifs is 1. The lowest BCUT2D eigenvalue weighted by atomic mass is 10.0. The number of anilines is 1. The summed E-state index contributed by atoms with van der Waals surface area (Å²) in [5.74, 6) is 0.412. The highest BCUT2D eigenvalue weighted by molar-refractivity contribution is 7.99. The molecule has 2 aromatic carbocycles. The molecule has 4 aromatic rings. The first kappa shape index (κ1) is 26.9. The normalized spacial score (nSPS) is 26.4. The molecule has 6 rings (SSSR count). The van der Waals surface area contributed by atoms with E-state index in [4.69, 9.17) is 0 Å². The highest BCUT2D eigenvalue weighted by atomic mass is 32.2. The summed E-state index contributed by atoms with van der Waals surface area (Å²) >= 11 is 1.10. The van der Waals surface area contributed by atoms with Gasteiger partial charge in [-0.25, -0.2) is 14.6 Å². The second-order valence-electron chi connectivity index (χ2n) is 10.2. The van der Waals surface area contributed by atoms with E-state index in [1.54, 1.807) is 0 Å². The van der Waals surface area contributed by atoms with Gasteiger partial charge in [-0.15, -0.1) is 5.10 Å². The summed E-state index contributed by atoms with van der Waals surface area (Å²) in [5, 5.41) is 43.0. The second kappa shape index (κ2) is 10.6. The minimum Gasteiger partial charge on any atom is -0.396 e. The van der Waals surface area contributed by atoms with Gasteiger partial charge in [0.15, 0.2) is 22.1 Å². The third-order valence-electron chi connectivity index (χ3n) is 7.62. The SMILES string of the molecule is OCC[C@H]1C[C@@H](n2nnc3c(NC4CC4c4ccccc4)nc(Sc4ccc(C(F)(F)F)cc4)nc32)[C@H](O)[C@@H]1O. The zero-order valence-corrected chi connectivity index (χ0v) is 21.9. The molecule has 0 bridgehead atoms. The number of benzene rings is 2. The van der Waals surface area contributed by atoms with Crippen LogP contribution in [0.15, 0.2) is 64.6 Å². The number of halogens is 3. The number of alkyl halides is 3. The molecule has 2 aliphatic carbocycles. The molecule has 0 amide bonds. The topological polar surface area (TPSA) is 129 Å². The van der Waals surface area contributed by atoms with E-state index in [1.165, 1.54) is 22.4 Å². The third-order valence-corrected chi connectivity index (χ3v) is 8.49. The largest absolute Gasteiger partial charge is 0.416 e. The van der Waals surface area contributed by atoms with Crippen molar-refractivity contribution in [2.75, 3.05) is 11.9 Å². The molecule has 13 heteroatoms. The van der Waals surface area contributed by atoms with E-state index >= 15 is 0 Å². The van der Waals surface area contributed by atoms with Crippen molar-refractivity contribution < 1.29 is 28.5 Å². The van der Waals surface area contributed by atoms with Crippen molar-refractivity contribution in [3.05, 3.63) is 65.7 Å². The molecule has 0 radical (unpaired) electrons. The molecule has 0 spiro atoms. The summed E-state index contributed by atoms with van der Waals surface area (Å²) in [4.78, 5) is 9.80. The number of nitrogens with one attached hydrogen (secondary N) is 1. The average Bonchev–Trinajstić information content (AvgIpc) is 3.49. The van der Waals surface area contributed by atoms with E-state index in [0.717, 1.165) is 30.3 Å². The maximum absolute atomic E-state index is 13.0. The number of nitrogens with zero attached hydrogens (tertiary/aromatic N) is 5. The minimum absolute atomic E-state index is 0.0994. The van der Waals surface area contributed by atoms with Gasteiger partial charge < -0.3 is 20.6 Å². The van der Waals surface area contributed by atoms with Gasteiger partial charge in [-0.05, 0) is 66.8 Å². The van der Waals surface area contributed by atoms with Crippen molar-refractivity contribution in [1.29, 1.82) is 0 Å². The molecule has 9 nitrogen and oxygen atoms in total. The quantitative estimate of drug-likeness (QED) is 0.231. The van der Waals surface area contributed by atoms with Crippen LogP contribution in [0.3, 0.4) is 0 Å². The minimum atomic E-state index is -4.44. The van der Waals surface area contributed by atoms with Crippen LogP contribution in [0.5, 0.6) is 0 Å². The summed E-state index contributed by atoms with van der Waals surface area (Å²) in [6.07, 6.45) is -5.01. The summed E-state index contributed by atoms with van der Waals surface area (Å²) in [6, 6.07) is 14.3. The van der Waals surface area contributed by atoms with E-state index in [-0.39, 0.29) is 23.7 Å². The van der Waals surface area contributed by atoms with Gasteiger partial charge in [-0.2, -0.15) is 13.2 Å². The smallest absolute Gasteiger partial charge is 0.396 e. The Balaban J connectivity index is 1.34. The van der Waals surface area contributed by atoms with Crippen molar-refractivity contribution >= 4 is 28.7 Å². The van der Waals surface area contributed by atoms with Gasteiger partial charge >= 0.3 is 6.18 Å². The summed E-state index contributed by atoms with van der Waals surface area (Å²) in [7, 11) is 0. The molecule has 0 saturated heterocycles. The van der Waals surface area contributed by atoms with Crippen molar-refractivity contribution in [3.63, 3.8) is 0 Å². The number of hydrogen-bond donors (Lipinski definition) is 4.